The van der Waals surface area contributed by atoms with Crippen molar-refractivity contribution < 1.29 is 0 Å². The first kappa shape index (κ1) is 11.0. The van der Waals surface area contributed by atoms with Crippen LogP contribution in [-0.2, 0) is 13.0 Å². The molecule has 0 amide bonds. The van der Waals surface area contributed by atoms with Gasteiger partial charge in [-0.3, -0.25) is 9.67 Å². The zero-order valence-electron chi connectivity index (χ0n) is 10.5. The van der Waals surface area contributed by atoms with E-state index in [2.05, 4.69) is 40.0 Å². The highest BCUT2D eigenvalue weighted by Gasteiger charge is 2.12. The lowest BCUT2D eigenvalue weighted by atomic mass is 10.3. The van der Waals surface area contributed by atoms with Gasteiger partial charge in [0.05, 0.1) is 22.9 Å². The second kappa shape index (κ2) is 4.25. The molecule has 0 saturated carbocycles. The van der Waals surface area contributed by atoms with Gasteiger partial charge in [-0.15, -0.1) is 0 Å². The lowest BCUT2D eigenvalue weighted by molar-refractivity contribution is 0.653. The van der Waals surface area contributed by atoms with Gasteiger partial charge in [0.1, 0.15) is 5.69 Å². The van der Waals surface area contributed by atoms with Crippen molar-refractivity contribution in [3.8, 4) is 11.5 Å². The number of pyridine rings is 1. The van der Waals surface area contributed by atoms with E-state index in [1.54, 1.807) is 12.4 Å². The molecule has 1 N–H and O–H groups in total. The number of H-pyrrole nitrogens is 1. The molecule has 0 aliphatic rings. The van der Waals surface area contributed by atoms with E-state index in [0.717, 1.165) is 41.2 Å². The predicted molar refractivity (Wildman–Crippen MR) is 70.2 cm³/mol. The topological polar surface area (TPSA) is 59.4 Å². The Bertz CT molecular complexity index is 647. The second-order valence-electron chi connectivity index (χ2n) is 4.17. The minimum Gasteiger partial charge on any atom is -0.335 e. The van der Waals surface area contributed by atoms with Gasteiger partial charge < -0.3 is 4.98 Å². The number of imidazole rings is 1. The Kier molecular flexibility index (Phi) is 2.59. The Morgan fingerprint density at radius 3 is 2.94 bits per heavy atom. The maximum absolute atomic E-state index is 4.58. The Morgan fingerprint density at radius 1 is 1.33 bits per heavy atom. The zero-order valence-corrected chi connectivity index (χ0v) is 10.5. The molecule has 5 heteroatoms. The molecule has 3 aromatic rings. The maximum Gasteiger partial charge on any atom is 0.156 e. The summed E-state index contributed by atoms with van der Waals surface area (Å²) in [5, 5.41) is 4.53. The highest BCUT2D eigenvalue weighted by atomic mass is 15.3. The van der Waals surface area contributed by atoms with Crippen LogP contribution in [0.1, 0.15) is 19.5 Å². The van der Waals surface area contributed by atoms with Crippen molar-refractivity contribution in [3.05, 3.63) is 30.2 Å². The van der Waals surface area contributed by atoms with Crippen LogP contribution in [0.4, 0.5) is 0 Å². The summed E-state index contributed by atoms with van der Waals surface area (Å²) < 4.78 is 1.98. The number of aromatic amines is 1. The molecule has 18 heavy (non-hydrogen) atoms. The zero-order chi connectivity index (χ0) is 12.5. The van der Waals surface area contributed by atoms with Crippen molar-refractivity contribution in [2.24, 2.45) is 0 Å². The summed E-state index contributed by atoms with van der Waals surface area (Å²) in [4.78, 5) is 12.0. The summed E-state index contributed by atoms with van der Waals surface area (Å²) in [6, 6.07) is 4.00. The first-order valence-corrected chi connectivity index (χ1v) is 6.18. The van der Waals surface area contributed by atoms with E-state index in [9.17, 15) is 0 Å². The molecule has 0 unspecified atom stereocenters. The maximum atomic E-state index is 4.58. The molecule has 3 heterocycles. The first-order valence-electron chi connectivity index (χ1n) is 6.18. The van der Waals surface area contributed by atoms with Crippen molar-refractivity contribution in [2.75, 3.05) is 0 Å². The summed E-state index contributed by atoms with van der Waals surface area (Å²) in [6.45, 7) is 5.03. The van der Waals surface area contributed by atoms with Crippen molar-refractivity contribution in [2.45, 2.75) is 26.8 Å². The first-order chi connectivity index (χ1) is 8.81. The van der Waals surface area contributed by atoms with E-state index in [0.29, 0.717) is 0 Å². The highest BCUT2D eigenvalue weighted by molar-refractivity contribution is 5.77. The third-order valence-corrected chi connectivity index (χ3v) is 3.02. The standard InChI is InChI=1S/C13H15N5/c1-3-9-7-12(18(4-2)17-9)13-15-10-5-6-14-8-11(10)16-13/h5-8H,3-4H2,1-2H3,(H,15,16). The Balaban J connectivity index is 2.15. The summed E-state index contributed by atoms with van der Waals surface area (Å²) in [6.07, 6.45) is 4.47. The molecule has 0 aliphatic heterocycles. The molecular formula is C13H15N5. The number of rotatable bonds is 3. The number of nitrogens with zero attached hydrogens (tertiary/aromatic N) is 4. The van der Waals surface area contributed by atoms with E-state index < -0.39 is 0 Å². The third kappa shape index (κ3) is 1.68. The van der Waals surface area contributed by atoms with Gasteiger partial charge in [0.2, 0.25) is 0 Å². The van der Waals surface area contributed by atoms with E-state index in [1.165, 1.54) is 0 Å². The number of aromatic nitrogens is 5. The molecule has 0 aromatic carbocycles. The largest absolute Gasteiger partial charge is 0.335 e. The third-order valence-electron chi connectivity index (χ3n) is 3.02. The van der Waals surface area contributed by atoms with Crippen molar-refractivity contribution >= 4 is 11.0 Å². The van der Waals surface area contributed by atoms with Crippen LogP contribution in [0.25, 0.3) is 22.6 Å². The van der Waals surface area contributed by atoms with Crippen molar-refractivity contribution in [1.29, 1.82) is 0 Å². The van der Waals surface area contributed by atoms with Gasteiger partial charge >= 0.3 is 0 Å². The molecule has 3 rings (SSSR count). The Labute approximate surface area is 105 Å². The normalized spacial score (nSPS) is 11.2. The van der Waals surface area contributed by atoms with E-state index >= 15 is 0 Å². The van der Waals surface area contributed by atoms with Crippen LogP contribution in [0.5, 0.6) is 0 Å². The van der Waals surface area contributed by atoms with Crippen LogP contribution in [-0.4, -0.2) is 24.7 Å². The molecule has 0 saturated heterocycles. The van der Waals surface area contributed by atoms with Crippen LogP contribution in [0.15, 0.2) is 24.5 Å². The molecule has 5 nitrogen and oxygen atoms in total. The number of hydrogen-bond donors (Lipinski definition) is 1. The van der Waals surface area contributed by atoms with Gasteiger partial charge in [-0.1, -0.05) is 6.92 Å². The van der Waals surface area contributed by atoms with Gasteiger partial charge in [0, 0.05) is 12.7 Å². The van der Waals surface area contributed by atoms with Gasteiger partial charge in [-0.25, -0.2) is 4.98 Å². The van der Waals surface area contributed by atoms with Crippen molar-refractivity contribution in [1.82, 2.24) is 24.7 Å². The number of aryl methyl sites for hydroxylation is 2. The van der Waals surface area contributed by atoms with Gasteiger partial charge in [0.15, 0.2) is 5.82 Å². The molecule has 3 aromatic heterocycles. The predicted octanol–water partition coefficient (Wildman–Crippen LogP) is 2.40. The molecular weight excluding hydrogens is 226 g/mol. The summed E-state index contributed by atoms with van der Waals surface area (Å²) in [5.41, 5.74) is 4.01. The van der Waals surface area contributed by atoms with Crippen LogP contribution >= 0.6 is 0 Å². The molecule has 0 radical (unpaired) electrons. The molecule has 0 bridgehead atoms. The van der Waals surface area contributed by atoms with Crippen molar-refractivity contribution in [3.63, 3.8) is 0 Å². The van der Waals surface area contributed by atoms with Crippen LogP contribution in [0.3, 0.4) is 0 Å². The molecule has 92 valence electrons. The Hall–Kier alpha value is -2.17. The number of hydrogen-bond acceptors (Lipinski definition) is 3. The monoisotopic (exact) mass is 241 g/mol. The average molecular weight is 241 g/mol. The van der Waals surface area contributed by atoms with Crippen LogP contribution in [0.2, 0.25) is 0 Å². The molecule has 0 atom stereocenters. The second-order valence-corrected chi connectivity index (χ2v) is 4.17. The fraction of sp³-hybridized carbons (Fsp3) is 0.308. The number of nitrogens with one attached hydrogen (secondary N) is 1. The fourth-order valence-electron chi connectivity index (χ4n) is 2.05. The van der Waals surface area contributed by atoms with E-state index in [1.807, 2.05) is 10.7 Å². The van der Waals surface area contributed by atoms with Gasteiger partial charge in [-0.2, -0.15) is 5.10 Å². The summed E-state index contributed by atoms with van der Waals surface area (Å²) >= 11 is 0. The lowest BCUT2D eigenvalue weighted by Crippen LogP contribution is -2.00. The fourth-order valence-corrected chi connectivity index (χ4v) is 2.05. The quantitative estimate of drug-likeness (QED) is 0.766. The minimum absolute atomic E-state index is 0.838. The summed E-state index contributed by atoms with van der Waals surface area (Å²) in [7, 11) is 0. The van der Waals surface area contributed by atoms with Gasteiger partial charge in [0.25, 0.3) is 0 Å². The summed E-state index contributed by atoms with van der Waals surface area (Å²) in [5.74, 6) is 0.854. The average Bonchev–Trinajstić information content (AvgIpc) is 3.01. The smallest absolute Gasteiger partial charge is 0.156 e. The molecule has 0 aliphatic carbocycles. The highest BCUT2D eigenvalue weighted by Crippen LogP contribution is 2.21. The Morgan fingerprint density at radius 2 is 2.22 bits per heavy atom. The minimum atomic E-state index is 0.838. The van der Waals surface area contributed by atoms with Gasteiger partial charge in [-0.05, 0) is 25.5 Å². The molecule has 0 spiro atoms. The van der Waals surface area contributed by atoms with Crippen LogP contribution in [0, 0.1) is 0 Å². The lowest BCUT2D eigenvalue weighted by Gasteiger charge is -2.00. The number of fused-ring (bicyclic) bond motifs is 1. The molecule has 0 fully saturated rings. The SMILES string of the molecule is CCc1cc(-c2nc3ccncc3[nH]2)n(CC)n1. The van der Waals surface area contributed by atoms with E-state index in [4.69, 9.17) is 0 Å². The van der Waals surface area contributed by atoms with Crippen LogP contribution < -0.4 is 0 Å². The van der Waals surface area contributed by atoms with E-state index in [-0.39, 0.29) is 0 Å².